The van der Waals surface area contributed by atoms with E-state index in [2.05, 4.69) is 47.4 Å². The zero-order valence-corrected chi connectivity index (χ0v) is 15.4. The van der Waals surface area contributed by atoms with Crippen LogP contribution in [0, 0.1) is 0 Å². The molecule has 0 bridgehead atoms. The number of ether oxygens (including phenoxy) is 1. The van der Waals surface area contributed by atoms with Gasteiger partial charge in [-0.3, -0.25) is 9.69 Å². The molecule has 27 heavy (non-hydrogen) atoms. The van der Waals surface area contributed by atoms with Crippen molar-refractivity contribution in [3.05, 3.63) is 78.4 Å². The van der Waals surface area contributed by atoms with Crippen LogP contribution >= 0.6 is 0 Å². The van der Waals surface area contributed by atoms with Crippen LogP contribution in [0.4, 0.5) is 0 Å². The Labute approximate surface area is 160 Å². The second-order valence-corrected chi connectivity index (χ2v) is 6.94. The molecule has 4 rings (SSSR count). The summed E-state index contributed by atoms with van der Waals surface area (Å²) in [6, 6.07) is 24.6. The van der Waals surface area contributed by atoms with Gasteiger partial charge in [-0.25, -0.2) is 0 Å². The van der Waals surface area contributed by atoms with Gasteiger partial charge in [0.2, 0.25) is 0 Å². The molecule has 0 N–H and O–H groups in total. The zero-order chi connectivity index (χ0) is 18.5. The highest BCUT2D eigenvalue weighted by molar-refractivity contribution is 5.83. The van der Waals surface area contributed by atoms with Crippen LogP contribution in [-0.4, -0.2) is 48.5 Å². The number of carbonyl (C=O) groups is 1. The Hall–Kier alpha value is -2.85. The van der Waals surface area contributed by atoms with E-state index in [-0.39, 0.29) is 12.5 Å². The number of amides is 1. The largest absolute Gasteiger partial charge is 0.484 e. The summed E-state index contributed by atoms with van der Waals surface area (Å²) in [7, 11) is 0. The number of nitrogens with zero attached hydrogens (tertiary/aromatic N) is 2. The van der Waals surface area contributed by atoms with Crippen molar-refractivity contribution in [3.63, 3.8) is 0 Å². The maximum Gasteiger partial charge on any atom is 0.260 e. The molecule has 0 aliphatic carbocycles. The molecular formula is C23H24N2O2. The normalized spacial score (nSPS) is 15.0. The van der Waals surface area contributed by atoms with Crippen molar-refractivity contribution in [1.82, 2.24) is 9.80 Å². The second kappa shape index (κ2) is 8.23. The van der Waals surface area contributed by atoms with Crippen LogP contribution in [0.15, 0.2) is 72.8 Å². The van der Waals surface area contributed by atoms with Gasteiger partial charge in [-0.2, -0.15) is 0 Å². The van der Waals surface area contributed by atoms with Crippen LogP contribution in [-0.2, 0) is 11.3 Å². The second-order valence-electron chi connectivity index (χ2n) is 6.94. The van der Waals surface area contributed by atoms with E-state index in [1.807, 2.05) is 35.2 Å². The molecule has 4 nitrogen and oxygen atoms in total. The molecule has 1 aliphatic heterocycles. The third-order valence-corrected chi connectivity index (χ3v) is 5.05. The average Bonchev–Trinajstić information content (AvgIpc) is 2.73. The molecule has 1 aliphatic rings. The van der Waals surface area contributed by atoms with Crippen molar-refractivity contribution in [3.8, 4) is 5.75 Å². The van der Waals surface area contributed by atoms with Crippen LogP contribution in [0.5, 0.6) is 5.75 Å². The summed E-state index contributed by atoms with van der Waals surface area (Å²) in [5, 5.41) is 2.55. The fourth-order valence-electron chi connectivity index (χ4n) is 3.50. The van der Waals surface area contributed by atoms with E-state index in [4.69, 9.17) is 4.74 Å². The predicted molar refractivity (Wildman–Crippen MR) is 108 cm³/mol. The highest BCUT2D eigenvalue weighted by Gasteiger charge is 2.21. The average molecular weight is 360 g/mol. The Morgan fingerprint density at radius 1 is 0.815 bits per heavy atom. The lowest BCUT2D eigenvalue weighted by Gasteiger charge is -2.34. The van der Waals surface area contributed by atoms with Crippen molar-refractivity contribution < 1.29 is 9.53 Å². The van der Waals surface area contributed by atoms with Crippen molar-refractivity contribution in [2.24, 2.45) is 0 Å². The molecule has 0 saturated carbocycles. The third-order valence-electron chi connectivity index (χ3n) is 5.05. The van der Waals surface area contributed by atoms with Crippen molar-refractivity contribution in [2.75, 3.05) is 32.8 Å². The number of piperazine rings is 1. The number of rotatable bonds is 5. The van der Waals surface area contributed by atoms with Gasteiger partial charge in [0.1, 0.15) is 5.75 Å². The molecule has 3 aromatic carbocycles. The Bertz CT molecular complexity index is 902. The maximum atomic E-state index is 12.4. The van der Waals surface area contributed by atoms with Gasteiger partial charge in [0, 0.05) is 32.7 Å². The molecule has 1 heterocycles. The Morgan fingerprint density at radius 2 is 1.52 bits per heavy atom. The third kappa shape index (κ3) is 4.47. The fraction of sp³-hybridized carbons (Fsp3) is 0.261. The number of hydrogen-bond acceptors (Lipinski definition) is 3. The lowest BCUT2D eigenvalue weighted by atomic mass is 10.1. The van der Waals surface area contributed by atoms with Gasteiger partial charge in [-0.1, -0.05) is 54.6 Å². The van der Waals surface area contributed by atoms with Gasteiger partial charge in [-0.15, -0.1) is 0 Å². The predicted octanol–water partition coefficient (Wildman–Crippen LogP) is 3.56. The highest BCUT2D eigenvalue weighted by atomic mass is 16.5. The molecule has 1 saturated heterocycles. The fourth-order valence-corrected chi connectivity index (χ4v) is 3.50. The van der Waals surface area contributed by atoms with Gasteiger partial charge in [0.15, 0.2) is 6.61 Å². The van der Waals surface area contributed by atoms with E-state index in [1.54, 1.807) is 0 Å². The lowest BCUT2D eigenvalue weighted by molar-refractivity contribution is -0.135. The minimum Gasteiger partial charge on any atom is -0.484 e. The number of hydrogen-bond donors (Lipinski definition) is 0. The zero-order valence-electron chi connectivity index (χ0n) is 15.4. The topological polar surface area (TPSA) is 32.8 Å². The monoisotopic (exact) mass is 360 g/mol. The van der Waals surface area contributed by atoms with Gasteiger partial charge in [0.25, 0.3) is 5.91 Å². The molecule has 1 amide bonds. The summed E-state index contributed by atoms with van der Waals surface area (Å²) in [6.45, 7) is 4.32. The van der Waals surface area contributed by atoms with Gasteiger partial charge in [-0.05, 0) is 34.5 Å². The molecule has 138 valence electrons. The minimum atomic E-state index is 0.0595. The molecule has 0 aromatic heterocycles. The molecule has 0 atom stereocenters. The smallest absolute Gasteiger partial charge is 0.260 e. The Balaban J connectivity index is 1.27. The van der Waals surface area contributed by atoms with Crippen molar-refractivity contribution in [1.29, 1.82) is 0 Å². The van der Waals surface area contributed by atoms with E-state index in [9.17, 15) is 4.79 Å². The number of carbonyl (C=O) groups excluding carboxylic acids is 1. The lowest BCUT2D eigenvalue weighted by Crippen LogP contribution is -2.49. The summed E-state index contributed by atoms with van der Waals surface area (Å²) < 4.78 is 5.58. The first-order valence-corrected chi connectivity index (χ1v) is 9.43. The van der Waals surface area contributed by atoms with Crippen LogP contribution in [0.1, 0.15) is 5.56 Å². The summed E-state index contributed by atoms with van der Waals surface area (Å²) in [4.78, 5) is 16.7. The maximum absolute atomic E-state index is 12.4. The van der Waals surface area contributed by atoms with Crippen molar-refractivity contribution >= 4 is 16.7 Å². The molecule has 1 fully saturated rings. The summed E-state index contributed by atoms with van der Waals surface area (Å²) >= 11 is 0. The first-order chi connectivity index (χ1) is 13.3. The van der Waals surface area contributed by atoms with Crippen LogP contribution in [0.3, 0.4) is 0 Å². The first-order valence-electron chi connectivity index (χ1n) is 9.43. The van der Waals surface area contributed by atoms with Gasteiger partial charge < -0.3 is 9.64 Å². The quantitative estimate of drug-likeness (QED) is 0.697. The molecule has 0 radical (unpaired) electrons. The van der Waals surface area contributed by atoms with Crippen molar-refractivity contribution in [2.45, 2.75) is 6.54 Å². The van der Waals surface area contributed by atoms with E-state index in [0.29, 0.717) is 0 Å². The van der Waals surface area contributed by atoms with Gasteiger partial charge >= 0.3 is 0 Å². The van der Waals surface area contributed by atoms with Crippen LogP contribution in [0.2, 0.25) is 0 Å². The summed E-state index contributed by atoms with van der Waals surface area (Å²) in [5.41, 5.74) is 1.32. The molecule has 3 aromatic rings. The minimum absolute atomic E-state index is 0.0595. The molecule has 0 unspecified atom stereocenters. The van der Waals surface area contributed by atoms with E-state index >= 15 is 0 Å². The van der Waals surface area contributed by atoms with E-state index in [1.165, 1.54) is 16.3 Å². The van der Waals surface area contributed by atoms with Crippen LogP contribution < -0.4 is 4.74 Å². The summed E-state index contributed by atoms with van der Waals surface area (Å²) in [5.74, 6) is 0.796. The number of para-hydroxylation sites is 1. The molecule has 4 heteroatoms. The molecule has 0 spiro atoms. The number of benzene rings is 3. The van der Waals surface area contributed by atoms with Crippen LogP contribution in [0.25, 0.3) is 10.8 Å². The first kappa shape index (κ1) is 17.6. The standard InChI is InChI=1S/C23H24N2O2/c26-23(18-27-22-8-2-1-3-9-22)25-14-12-24(13-15-25)17-19-10-11-20-6-4-5-7-21(20)16-19/h1-11,16H,12-15,17-18H2. The Morgan fingerprint density at radius 3 is 2.30 bits per heavy atom. The number of fused-ring (bicyclic) bond motifs is 1. The molecular weight excluding hydrogens is 336 g/mol. The van der Waals surface area contributed by atoms with E-state index < -0.39 is 0 Å². The Kier molecular flexibility index (Phi) is 5.35. The van der Waals surface area contributed by atoms with E-state index in [0.717, 1.165) is 38.5 Å². The van der Waals surface area contributed by atoms with Gasteiger partial charge in [0.05, 0.1) is 0 Å². The highest BCUT2D eigenvalue weighted by Crippen LogP contribution is 2.17. The summed E-state index contributed by atoms with van der Waals surface area (Å²) in [6.07, 6.45) is 0. The SMILES string of the molecule is O=C(COc1ccccc1)N1CCN(Cc2ccc3ccccc3c2)CC1.